The summed E-state index contributed by atoms with van der Waals surface area (Å²) in [5.41, 5.74) is 0. The Labute approximate surface area is 109 Å². The van der Waals surface area contributed by atoms with E-state index in [9.17, 15) is 9.59 Å². The summed E-state index contributed by atoms with van der Waals surface area (Å²) in [4.78, 5) is 22.1. The third-order valence-electron chi connectivity index (χ3n) is 2.66. The van der Waals surface area contributed by atoms with Gasteiger partial charge in [-0.2, -0.15) is 0 Å². The van der Waals surface area contributed by atoms with Gasteiger partial charge in [0.15, 0.2) is 0 Å². The fourth-order valence-corrected chi connectivity index (χ4v) is 1.67. The van der Waals surface area contributed by atoms with E-state index in [-0.39, 0.29) is 24.5 Å². The normalized spacial score (nSPS) is 11.9. The molecule has 18 heavy (non-hydrogen) atoms. The fraction of sp³-hybridized carbons (Fsp3) is 0.846. The lowest BCUT2D eigenvalue weighted by atomic mass is 10.1. The molecule has 1 atom stereocenters. The number of amides is 2. The molecule has 0 radical (unpaired) electrons. The minimum atomic E-state index is -0.00884. The van der Waals surface area contributed by atoms with Crippen LogP contribution in [0.15, 0.2) is 0 Å². The maximum atomic E-state index is 11.5. The van der Waals surface area contributed by atoms with Crippen molar-refractivity contribution in [2.45, 2.75) is 58.4 Å². The topological polar surface area (TPSA) is 78.4 Å². The monoisotopic (exact) mass is 258 g/mol. The molecule has 0 saturated heterocycles. The van der Waals surface area contributed by atoms with Crippen LogP contribution in [0.5, 0.6) is 0 Å². The Morgan fingerprint density at radius 3 is 2.50 bits per heavy atom. The zero-order valence-electron chi connectivity index (χ0n) is 11.5. The molecule has 0 aromatic rings. The van der Waals surface area contributed by atoms with Crippen LogP contribution in [0.4, 0.5) is 0 Å². The third kappa shape index (κ3) is 11.4. The number of unbranched alkanes of at least 4 members (excludes halogenated alkanes) is 2. The number of aliphatic hydroxyl groups is 1. The summed E-state index contributed by atoms with van der Waals surface area (Å²) in [7, 11) is 0. The summed E-state index contributed by atoms with van der Waals surface area (Å²) in [6, 6.07) is 0.129. The Kier molecular flexibility index (Phi) is 10.3. The predicted octanol–water partition coefficient (Wildman–Crippen LogP) is 0.960. The van der Waals surface area contributed by atoms with Gasteiger partial charge in [-0.1, -0.05) is 6.42 Å². The molecule has 0 spiro atoms. The molecule has 0 rings (SSSR count). The Morgan fingerprint density at radius 1 is 1.17 bits per heavy atom. The second-order valence-corrected chi connectivity index (χ2v) is 4.63. The number of aliphatic hydroxyl groups excluding tert-OH is 1. The molecular weight excluding hydrogens is 232 g/mol. The molecule has 0 aromatic heterocycles. The van der Waals surface area contributed by atoms with Crippen molar-refractivity contribution in [1.82, 2.24) is 10.6 Å². The van der Waals surface area contributed by atoms with Crippen molar-refractivity contribution in [3.8, 4) is 0 Å². The third-order valence-corrected chi connectivity index (χ3v) is 2.66. The Balaban J connectivity index is 3.39. The minimum Gasteiger partial charge on any atom is -0.396 e. The first kappa shape index (κ1) is 16.9. The van der Waals surface area contributed by atoms with Crippen LogP contribution in [0.25, 0.3) is 0 Å². The van der Waals surface area contributed by atoms with Crippen LogP contribution in [0.2, 0.25) is 0 Å². The first-order chi connectivity index (χ1) is 8.56. The zero-order valence-corrected chi connectivity index (χ0v) is 11.5. The van der Waals surface area contributed by atoms with E-state index in [1.807, 2.05) is 6.92 Å². The van der Waals surface area contributed by atoms with Gasteiger partial charge in [-0.15, -0.1) is 0 Å². The smallest absolute Gasteiger partial charge is 0.220 e. The lowest BCUT2D eigenvalue weighted by molar-refractivity contribution is -0.122. The molecule has 0 saturated carbocycles. The van der Waals surface area contributed by atoms with Crippen LogP contribution in [0.3, 0.4) is 0 Å². The summed E-state index contributed by atoms with van der Waals surface area (Å²) in [5, 5.41) is 14.3. The molecular formula is C13H26N2O3. The number of carbonyl (C=O) groups is 2. The highest BCUT2D eigenvalue weighted by Gasteiger charge is 2.06. The summed E-state index contributed by atoms with van der Waals surface area (Å²) in [6.45, 7) is 4.30. The fourth-order valence-electron chi connectivity index (χ4n) is 1.67. The number of hydrogen-bond donors (Lipinski definition) is 3. The molecule has 0 aliphatic rings. The van der Waals surface area contributed by atoms with Crippen LogP contribution in [0, 0.1) is 0 Å². The Hall–Kier alpha value is -1.10. The second kappa shape index (κ2) is 11.0. The van der Waals surface area contributed by atoms with Crippen molar-refractivity contribution >= 4 is 11.8 Å². The number of rotatable bonds is 10. The molecule has 106 valence electrons. The molecule has 0 bridgehead atoms. The van der Waals surface area contributed by atoms with E-state index in [1.165, 1.54) is 6.92 Å². The average molecular weight is 258 g/mol. The molecule has 2 amide bonds. The predicted molar refractivity (Wildman–Crippen MR) is 71.1 cm³/mol. The highest BCUT2D eigenvalue weighted by atomic mass is 16.3. The molecule has 0 aromatic carbocycles. The van der Waals surface area contributed by atoms with Gasteiger partial charge in [-0.25, -0.2) is 0 Å². The summed E-state index contributed by atoms with van der Waals surface area (Å²) in [5.74, 6) is 0.0606. The zero-order chi connectivity index (χ0) is 13.8. The second-order valence-electron chi connectivity index (χ2n) is 4.63. The number of nitrogens with one attached hydrogen (secondary N) is 2. The minimum absolute atomic E-state index is 0.00884. The van der Waals surface area contributed by atoms with Gasteiger partial charge in [0, 0.05) is 32.5 Å². The van der Waals surface area contributed by atoms with E-state index in [4.69, 9.17) is 5.11 Å². The maximum absolute atomic E-state index is 11.5. The molecule has 3 N–H and O–H groups in total. The highest BCUT2D eigenvalue weighted by Crippen LogP contribution is 2.01. The largest absolute Gasteiger partial charge is 0.396 e. The molecule has 0 aliphatic carbocycles. The quantitative estimate of drug-likeness (QED) is 0.511. The van der Waals surface area contributed by atoms with Gasteiger partial charge in [0.1, 0.15) is 0 Å². The Bertz CT molecular complexity index is 244. The summed E-state index contributed by atoms with van der Waals surface area (Å²) in [6.07, 6.45) is 4.76. The SMILES string of the molecule is CC(=O)NCCCCCC(=O)NC(C)CCCO. The molecule has 1 unspecified atom stereocenters. The van der Waals surface area contributed by atoms with E-state index in [2.05, 4.69) is 10.6 Å². The van der Waals surface area contributed by atoms with E-state index in [0.29, 0.717) is 13.0 Å². The highest BCUT2D eigenvalue weighted by molar-refractivity contribution is 5.76. The lowest BCUT2D eigenvalue weighted by Crippen LogP contribution is -2.32. The van der Waals surface area contributed by atoms with Gasteiger partial charge in [0.25, 0.3) is 0 Å². The molecule has 5 nitrogen and oxygen atoms in total. The van der Waals surface area contributed by atoms with Gasteiger partial charge in [0.2, 0.25) is 11.8 Å². The number of hydrogen-bond acceptors (Lipinski definition) is 3. The molecule has 5 heteroatoms. The van der Waals surface area contributed by atoms with Crippen LogP contribution in [-0.4, -0.2) is 36.1 Å². The van der Waals surface area contributed by atoms with Crippen molar-refractivity contribution < 1.29 is 14.7 Å². The van der Waals surface area contributed by atoms with E-state index < -0.39 is 0 Å². The Morgan fingerprint density at radius 2 is 1.89 bits per heavy atom. The molecule has 0 aliphatic heterocycles. The maximum Gasteiger partial charge on any atom is 0.220 e. The lowest BCUT2D eigenvalue weighted by Gasteiger charge is -2.13. The first-order valence-electron chi connectivity index (χ1n) is 6.71. The molecule has 0 fully saturated rings. The van der Waals surface area contributed by atoms with Crippen molar-refractivity contribution in [2.75, 3.05) is 13.2 Å². The average Bonchev–Trinajstić information content (AvgIpc) is 2.30. The van der Waals surface area contributed by atoms with Crippen molar-refractivity contribution in [2.24, 2.45) is 0 Å². The van der Waals surface area contributed by atoms with Crippen LogP contribution < -0.4 is 10.6 Å². The van der Waals surface area contributed by atoms with Crippen LogP contribution >= 0.6 is 0 Å². The van der Waals surface area contributed by atoms with Crippen LogP contribution in [-0.2, 0) is 9.59 Å². The van der Waals surface area contributed by atoms with Crippen LogP contribution in [0.1, 0.15) is 52.4 Å². The van der Waals surface area contributed by atoms with E-state index in [1.54, 1.807) is 0 Å². The van der Waals surface area contributed by atoms with Gasteiger partial charge < -0.3 is 15.7 Å². The van der Waals surface area contributed by atoms with Gasteiger partial charge in [-0.3, -0.25) is 9.59 Å². The van der Waals surface area contributed by atoms with Crippen molar-refractivity contribution in [3.05, 3.63) is 0 Å². The van der Waals surface area contributed by atoms with Crippen molar-refractivity contribution in [1.29, 1.82) is 0 Å². The summed E-state index contributed by atoms with van der Waals surface area (Å²) < 4.78 is 0. The van der Waals surface area contributed by atoms with E-state index in [0.717, 1.165) is 32.1 Å². The summed E-state index contributed by atoms with van der Waals surface area (Å²) >= 11 is 0. The first-order valence-corrected chi connectivity index (χ1v) is 6.71. The molecule has 0 heterocycles. The van der Waals surface area contributed by atoms with Gasteiger partial charge in [0.05, 0.1) is 0 Å². The number of carbonyl (C=O) groups excluding carboxylic acids is 2. The van der Waals surface area contributed by atoms with Gasteiger partial charge >= 0.3 is 0 Å². The standard InChI is InChI=1S/C13H26N2O3/c1-11(7-6-10-16)15-13(18)8-4-3-5-9-14-12(2)17/h11,16H,3-10H2,1-2H3,(H,14,17)(H,15,18). The van der Waals surface area contributed by atoms with Crippen molar-refractivity contribution in [3.63, 3.8) is 0 Å². The van der Waals surface area contributed by atoms with E-state index >= 15 is 0 Å². The van der Waals surface area contributed by atoms with Gasteiger partial charge in [-0.05, 0) is 32.6 Å².